The molecule has 150 valence electrons. The molecule has 0 bridgehead atoms. The van der Waals surface area contributed by atoms with Crippen molar-refractivity contribution in [2.24, 2.45) is 0 Å². The summed E-state index contributed by atoms with van der Waals surface area (Å²) in [5.41, 5.74) is 3.79. The second-order valence-electron chi connectivity index (χ2n) is 7.06. The number of benzene rings is 2. The van der Waals surface area contributed by atoms with Crippen molar-refractivity contribution in [3.05, 3.63) is 52.0 Å². The third kappa shape index (κ3) is 4.36. The summed E-state index contributed by atoms with van der Waals surface area (Å²) in [7, 11) is 1.52. The van der Waals surface area contributed by atoms with Crippen LogP contribution in [-0.2, 0) is 19.4 Å². The minimum atomic E-state index is -0.124. The van der Waals surface area contributed by atoms with Gasteiger partial charge < -0.3 is 20.1 Å². The molecule has 2 amide bonds. The Balaban J connectivity index is 1.84. The second kappa shape index (κ2) is 8.74. The Morgan fingerprint density at radius 3 is 2.61 bits per heavy atom. The lowest BCUT2D eigenvalue weighted by Gasteiger charge is -2.25. The van der Waals surface area contributed by atoms with Gasteiger partial charge in [0.05, 0.1) is 12.8 Å². The number of nitrogens with one attached hydrogen (secondary N) is 1. The van der Waals surface area contributed by atoms with Gasteiger partial charge in [-0.15, -0.1) is 0 Å². The van der Waals surface area contributed by atoms with E-state index in [4.69, 9.17) is 16.3 Å². The summed E-state index contributed by atoms with van der Waals surface area (Å²) in [5, 5.41) is 13.6. The van der Waals surface area contributed by atoms with Gasteiger partial charge in [0.25, 0.3) is 0 Å². The Kier molecular flexibility index (Phi) is 6.35. The van der Waals surface area contributed by atoms with Crippen LogP contribution < -0.4 is 10.1 Å². The van der Waals surface area contributed by atoms with E-state index in [1.54, 1.807) is 12.1 Å². The summed E-state index contributed by atoms with van der Waals surface area (Å²) in [5.74, 6) is 0.498. The Morgan fingerprint density at radius 2 is 2.00 bits per heavy atom. The SMILES string of the molecule is CCc1ccc(Cl)c(CC)c1NC(=O)N(Cc1ccc(O)c(OC)c1)C1CC1. The van der Waals surface area contributed by atoms with Crippen molar-refractivity contribution in [3.8, 4) is 11.5 Å². The smallest absolute Gasteiger partial charge is 0.322 e. The first kappa shape index (κ1) is 20.3. The number of anilines is 1. The molecule has 0 spiro atoms. The monoisotopic (exact) mass is 402 g/mol. The average Bonchev–Trinajstić information content (AvgIpc) is 3.52. The van der Waals surface area contributed by atoms with Crippen LogP contribution in [0.2, 0.25) is 5.02 Å². The van der Waals surface area contributed by atoms with Gasteiger partial charge in [-0.25, -0.2) is 4.79 Å². The second-order valence-corrected chi connectivity index (χ2v) is 7.47. The summed E-state index contributed by atoms with van der Waals surface area (Å²) in [4.78, 5) is 15.0. The first-order chi connectivity index (χ1) is 13.5. The molecule has 0 saturated heterocycles. The molecular formula is C22H27ClN2O3. The summed E-state index contributed by atoms with van der Waals surface area (Å²) in [6, 6.07) is 9.16. The number of aryl methyl sites for hydroxylation is 1. The van der Waals surface area contributed by atoms with Crippen molar-refractivity contribution >= 4 is 23.3 Å². The molecule has 6 heteroatoms. The van der Waals surface area contributed by atoms with Crippen molar-refractivity contribution < 1.29 is 14.6 Å². The molecule has 1 fully saturated rings. The third-order valence-electron chi connectivity index (χ3n) is 5.15. The quantitative estimate of drug-likeness (QED) is 0.653. The lowest BCUT2D eigenvalue weighted by atomic mass is 10.0. The number of hydrogen-bond donors (Lipinski definition) is 2. The molecule has 0 atom stereocenters. The molecule has 2 aromatic carbocycles. The molecule has 2 N–H and O–H groups in total. The van der Waals surface area contributed by atoms with Gasteiger partial charge in [-0.2, -0.15) is 0 Å². The van der Waals surface area contributed by atoms with Gasteiger partial charge in [-0.3, -0.25) is 0 Å². The Labute approximate surface area is 171 Å². The predicted octanol–water partition coefficient (Wildman–Crippen LogP) is 5.38. The summed E-state index contributed by atoms with van der Waals surface area (Å²) in [6.07, 6.45) is 3.57. The topological polar surface area (TPSA) is 61.8 Å². The lowest BCUT2D eigenvalue weighted by molar-refractivity contribution is 0.206. The van der Waals surface area contributed by atoms with Gasteiger partial charge in [-0.05, 0) is 60.6 Å². The van der Waals surface area contributed by atoms with E-state index < -0.39 is 0 Å². The molecular weight excluding hydrogens is 376 g/mol. The molecule has 1 aliphatic rings. The van der Waals surface area contributed by atoms with Crippen molar-refractivity contribution in [2.75, 3.05) is 12.4 Å². The number of amides is 2. The number of carbonyl (C=O) groups excluding carboxylic acids is 1. The van der Waals surface area contributed by atoms with Gasteiger partial charge in [0.1, 0.15) is 0 Å². The largest absolute Gasteiger partial charge is 0.504 e. The molecule has 0 aromatic heterocycles. The highest BCUT2D eigenvalue weighted by Crippen LogP contribution is 2.34. The number of halogens is 1. The minimum Gasteiger partial charge on any atom is -0.504 e. The summed E-state index contributed by atoms with van der Waals surface area (Å²) >= 11 is 6.37. The van der Waals surface area contributed by atoms with E-state index in [0.717, 1.165) is 48.1 Å². The maximum Gasteiger partial charge on any atom is 0.322 e. The number of phenolic OH excluding ortho intramolecular Hbond substituents is 1. The molecule has 1 aliphatic carbocycles. The molecule has 0 aliphatic heterocycles. The Hall–Kier alpha value is -2.40. The van der Waals surface area contributed by atoms with Crippen LogP contribution in [0.25, 0.3) is 0 Å². The van der Waals surface area contributed by atoms with Crippen LogP contribution in [0, 0.1) is 0 Å². The molecule has 3 rings (SSSR count). The maximum absolute atomic E-state index is 13.2. The zero-order valence-electron chi connectivity index (χ0n) is 16.6. The van der Waals surface area contributed by atoms with Crippen LogP contribution in [0.3, 0.4) is 0 Å². The van der Waals surface area contributed by atoms with E-state index >= 15 is 0 Å². The van der Waals surface area contributed by atoms with Gasteiger partial charge in [0.2, 0.25) is 0 Å². The molecule has 1 saturated carbocycles. The fourth-order valence-corrected chi connectivity index (χ4v) is 3.71. The fourth-order valence-electron chi connectivity index (χ4n) is 3.42. The van der Waals surface area contributed by atoms with Gasteiger partial charge >= 0.3 is 6.03 Å². The van der Waals surface area contributed by atoms with Gasteiger partial charge in [0, 0.05) is 17.6 Å². The summed E-state index contributed by atoms with van der Waals surface area (Å²) in [6.45, 7) is 4.56. The number of carbonyl (C=O) groups is 1. The van der Waals surface area contributed by atoms with Crippen molar-refractivity contribution in [1.82, 2.24) is 4.90 Å². The number of rotatable bonds is 7. The molecule has 0 heterocycles. The number of urea groups is 1. The molecule has 5 nitrogen and oxygen atoms in total. The number of methoxy groups -OCH3 is 1. The number of phenols is 1. The van der Waals surface area contributed by atoms with E-state index in [2.05, 4.69) is 12.2 Å². The fraction of sp³-hybridized carbons (Fsp3) is 0.409. The first-order valence-corrected chi connectivity index (χ1v) is 10.1. The van der Waals surface area contributed by atoms with Crippen LogP contribution in [0.1, 0.15) is 43.4 Å². The number of hydrogen-bond acceptors (Lipinski definition) is 3. The standard InChI is InChI=1S/C22H27ClN2O3/c1-4-15-7-10-18(23)17(5-2)21(15)24-22(27)25(16-8-9-16)13-14-6-11-19(26)20(12-14)28-3/h6-7,10-12,16,26H,4-5,8-9,13H2,1-3H3,(H,24,27). The summed E-state index contributed by atoms with van der Waals surface area (Å²) < 4.78 is 5.19. The van der Waals surface area contributed by atoms with Crippen molar-refractivity contribution in [1.29, 1.82) is 0 Å². The minimum absolute atomic E-state index is 0.0905. The highest BCUT2D eigenvalue weighted by molar-refractivity contribution is 6.32. The zero-order valence-corrected chi connectivity index (χ0v) is 17.3. The van der Waals surface area contributed by atoms with Crippen molar-refractivity contribution in [3.63, 3.8) is 0 Å². The molecule has 28 heavy (non-hydrogen) atoms. The van der Waals surface area contributed by atoms with E-state index in [0.29, 0.717) is 17.3 Å². The van der Waals surface area contributed by atoms with E-state index in [9.17, 15) is 9.90 Å². The third-order valence-corrected chi connectivity index (χ3v) is 5.51. The lowest BCUT2D eigenvalue weighted by Crippen LogP contribution is -2.36. The highest BCUT2D eigenvalue weighted by atomic mass is 35.5. The van der Waals surface area contributed by atoms with Gasteiger partial charge in [-0.1, -0.05) is 37.6 Å². The van der Waals surface area contributed by atoms with E-state index in [1.807, 2.05) is 30.0 Å². The number of ether oxygens (including phenoxy) is 1. The number of aromatic hydroxyl groups is 1. The van der Waals surface area contributed by atoms with Crippen LogP contribution in [-0.4, -0.2) is 29.2 Å². The van der Waals surface area contributed by atoms with Crippen LogP contribution >= 0.6 is 11.6 Å². The highest BCUT2D eigenvalue weighted by Gasteiger charge is 2.33. The van der Waals surface area contributed by atoms with Crippen LogP contribution in [0.4, 0.5) is 10.5 Å². The zero-order chi connectivity index (χ0) is 20.3. The van der Waals surface area contributed by atoms with Crippen LogP contribution in [0.15, 0.2) is 30.3 Å². The number of nitrogens with zero attached hydrogens (tertiary/aromatic N) is 1. The average molecular weight is 403 g/mol. The van der Waals surface area contributed by atoms with E-state index in [-0.39, 0.29) is 17.8 Å². The predicted molar refractivity (Wildman–Crippen MR) is 112 cm³/mol. The van der Waals surface area contributed by atoms with Crippen molar-refractivity contribution in [2.45, 2.75) is 52.1 Å². The Bertz CT molecular complexity index is 865. The van der Waals surface area contributed by atoms with E-state index in [1.165, 1.54) is 7.11 Å². The maximum atomic E-state index is 13.2. The molecule has 2 aromatic rings. The van der Waals surface area contributed by atoms with Crippen LogP contribution in [0.5, 0.6) is 11.5 Å². The molecule has 0 radical (unpaired) electrons. The molecule has 0 unspecified atom stereocenters. The van der Waals surface area contributed by atoms with Gasteiger partial charge in [0.15, 0.2) is 11.5 Å². The first-order valence-electron chi connectivity index (χ1n) is 9.72. The normalized spacial score (nSPS) is 13.3. The Morgan fingerprint density at radius 1 is 1.25 bits per heavy atom.